The molecule has 5 nitrogen and oxygen atoms in total. The van der Waals surface area contributed by atoms with Gasteiger partial charge >= 0.3 is 0 Å². The van der Waals surface area contributed by atoms with Crippen LogP contribution >= 0.6 is 0 Å². The molecule has 1 aliphatic heterocycles. The van der Waals surface area contributed by atoms with Crippen LogP contribution < -0.4 is 10.1 Å². The molecule has 2 unspecified atom stereocenters. The van der Waals surface area contributed by atoms with Crippen molar-refractivity contribution in [1.82, 2.24) is 15.1 Å². The molecule has 0 radical (unpaired) electrons. The summed E-state index contributed by atoms with van der Waals surface area (Å²) in [4.78, 5) is 0. The standard InChI is InChI=1S/C16H29N3O2/c1-4-7-19-11-16(10-18-19)20-12-15-6-5-14(21-15)9-17-8-13(2)3/h10-11,13-15,17H,4-9,12H2,1-3H3. The average Bonchev–Trinajstić information content (AvgIpc) is 3.06. The first kappa shape index (κ1) is 16.3. The molecule has 1 aromatic heterocycles. The molecule has 0 amide bonds. The van der Waals surface area contributed by atoms with Crippen LogP contribution in [0.2, 0.25) is 0 Å². The molecule has 2 rings (SSSR count). The fraction of sp³-hybridized carbons (Fsp3) is 0.812. The SMILES string of the molecule is CCCn1cc(OCC2CCC(CNCC(C)C)O2)cn1. The van der Waals surface area contributed by atoms with Crippen molar-refractivity contribution >= 4 is 0 Å². The van der Waals surface area contributed by atoms with Crippen molar-refractivity contribution in [3.8, 4) is 5.75 Å². The normalized spacial score (nSPS) is 22.1. The Labute approximate surface area is 128 Å². The molecule has 0 aromatic carbocycles. The number of aromatic nitrogens is 2. The van der Waals surface area contributed by atoms with Gasteiger partial charge in [0.2, 0.25) is 0 Å². The van der Waals surface area contributed by atoms with E-state index < -0.39 is 0 Å². The molecular weight excluding hydrogens is 266 g/mol. The maximum Gasteiger partial charge on any atom is 0.157 e. The molecule has 0 spiro atoms. The zero-order valence-corrected chi connectivity index (χ0v) is 13.5. The van der Waals surface area contributed by atoms with Gasteiger partial charge in [-0.05, 0) is 31.7 Å². The van der Waals surface area contributed by atoms with Gasteiger partial charge in [-0.25, -0.2) is 0 Å². The largest absolute Gasteiger partial charge is 0.488 e. The van der Waals surface area contributed by atoms with Crippen LogP contribution in [0.3, 0.4) is 0 Å². The first-order valence-corrected chi connectivity index (χ1v) is 8.18. The second-order valence-electron chi connectivity index (χ2n) is 6.26. The topological polar surface area (TPSA) is 48.3 Å². The molecule has 2 heterocycles. The highest BCUT2D eigenvalue weighted by molar-refractivity contribution is 5.11. The second kappa shape index (κ2) is 8.39. The summed E-state index contributed by atoms with van der Waals surface area (Å²) in [6.45, 7) is 10.1. The van der Waals surface area contributed by atoms with Gasteiger partial charge in [-0.2, -0.15) is 5.10 Å². The first-order valence-electron chi connectivity index (χ1n) is 8.18. The van der Waals surface area contributed by atoms with Crippen molar-refractivity contribution in [3.05, 3.63) is 12.4 Å². The Kier molecular flexibility index (Phi) is 6.51. The molecule has 0 bridgehead atoms. The van der Waals surface area contributed by atoms with Crippen LogP contribution in [0.15, 0.2) is 12.4 Å². The van der Waals surface area contributed by atoms with Crippen molar-refractivity contribution in [1.29, 1.82) is 0 Å². The molecule has 1 saturated heterocycles. The van der Waals surface area contributed by atoms with Gasteiger partial charge in [0, 0.05) is 13.1 Å². The Balaban J connectivity index is 1.63. The van der Waals surface area contributed by atoms with Crippen molar-refractivity contribution in [2.75, 3.05) is 19.7 Å². The summed E-state index contributed by atoms with van der Waals surface area (Å²) in [6.07, 6.45) is 7.57. The summed E-state index contributed by atoms with van der Waals surface area (Å²) in [5, 5.41) is 7.72. The number of hydrogen-bond donors (Lipinski definition) is 1. The number of nitrogens with zero attached hydrogens (tertiary/aromatic N) is 2. The summed E-state index contributed by atoms with van der Waals surface area (Å²) in [7, 11) is 0. The molecule has 120 valence electrons. The minimum absolute atomic E-state index is 0.213. The molecule has 0 saturated carbocycles. The number of ether oxygens (including phenoxy) is 2. The summed E-state index contributed by atoms with van der Waals surface area (Å²) in [6, 6.07) is 0. The van der Waals surface area contributed by atoms with E-state index in [1.54, 1.807) is 6.20 Å². The Bertz CT molecular complexity index is 406. The van der Waals surface area contributed by atoms with E-state index in [9.17, 15) is 0 Å². The van der Waals surface area contributed by atoms with E-state index in [-0.39, 0.29) is 6.10 Å². The van der Waals surface area contributed by atoms with Crippen LogP contribution in [0.1, 0.15) is 40.0 Å². The Hall–Kier alpha value is -1.07. The third-order valence-electron chi connectivity index (χ3n) is 3.62. The van der Waals surface area contributed by atoms with Crippen molar-refractivity contribution in [3.63, 3.8) is 0 Å². The molecule has 5 heteroatoms. The predicted octanol–water partition coefficient (Wildman–Crippen LogP) is 2.47. The third-order valence-corrected chi connectivity index (χ3v) is 3.62. The van der Waals surface area contributed by atoms with Gasteiger partial charge < -0.3 is 14.8 Å². The summed E-state index contributed by atoms with van der Waals surface area (Å²) in [5.41, 5.74) is 0. The molecule has 21 heavy (non-hydrogen) atoms. The zero-order chi connectivity index (χ0) is 15.1. The smallest absolute Gasteiger partial charge is 0.157 e. The zero-order valence-electron chi connectivity index (χ0n) is 13.5. The minimum Gasteiger partial charge on any atom is -0.488 e. The number of nitrogens with one attached hydrogen (secondary N) is 1. The maximum absolute atomic E-state index is 6.00. The Morgan fingerprint density at radius 1 is 1.43 bits per heavy atom. The average molecular weight is 295 g/mol. The summed E-state index contributed by atoms with van der Waals surface area (Å²) in [5.74, 6) is 1.53. The van der Waals surface area contributed by atoms with Gasteiger partial charge in [0.1, 0.15) is 6.61 Å². The Morgan fingerprint density at radius 3 is 3.00 bits per heavy atom. The minimum atomic E-state index is 0.213. The van der Waals surface area contributed by atoms with E-state index in [0.29, 0.717) is 18.6 Å². The van der Waals surface area contributed by atoms with Crippen LogP contribution in [0.25, 0.3) is 0 Å². The lowest BCUT2D eigenvalue weighted by atomic mass is 10.2. The van der Waals surface area contributed by atoms with Crippen molar-refractivity contribution in [2.45, 2.75) is 58.8 Å². The predicted molar refractivity (Wildman–Crippen MR) is 83.6 cm³/mol. The van der Waals surface area contributed by atoms with E-state index in [4.69, 9.17) is 9.47 Å². The van der Waals surface area contributed by atoms with Crippen LogP contribution in [-0.4, -0.2) is 41.7 Å². The van der Waals surface area contributed by atoms with Gasteiger partial charge in [-0.1, -0.05) is 20.8 Å². The highest BCUT2D eigenvalue weighted by atomic mass is 16.5. The molecule has 0 aliphatic carbocycles. The highest BCUT2D eigenvalue weighted by Gasteiger charge is 2.25. The second-order valence-corrected chi connectivity index (χ2v) is 6.26. The van der Waals surface area contributed by atoms with Gasteiger partial charge in [0.05, 0.1) is 24.6 Å². The molecule has 1 N–H and O–H groups in total. The highest BCUT2D eigenvalue weighted by Crippen LogP contribution is 2.20. The van der Waals surface area contributed by atoms with E-state index in [1.165, 1.54) is 0 Å². The molecule has 1 aromatic rings. The van der Waals surface area contributed by atoms with Crippen LogP contribution in [0.5, 0.6) is 5.75 Å². The van der Waals surface area contributed by atoms with Gasteiger partial charge in [0.25, 0.3) is 0 Å². The molecule has 1 fully saturated rings. The third kappa shape index (κ3) is 5.67. The van der Waals surface area contributed by atoms with E-state index in [2.05, 4.69) is 31.2 Å². The van der Waals surface area contributed by atoms with Crippen LogP contribution in [-0.2, 0) is 11.3 Å². The van der Waals surface area contributed by atoms with Crippen LogP contribution in [0.4, 0.5) is 0 Å². The van der Waals surface area contributed by atoms with Gasteiger partial charge in [-0.15, -0.1) is 0 Å². The van der Waals surface area contributed by atoms with Crippen molar-refractivity contribution in [2.24, 2.45) is 5.92 Å². The van der Waals surface area contributed by atoms with Crippen molar-refractivity contribution < 1.29 is 9.47 Å². The lowest BCUT2D eigenvalue weighted by Crippen LogP contribution is -2.30. The number of hydrogen-bond acceptors (Lipinski definition) is 4. The van der Waals surface area contributed by atoms with Crippen LogP contribution in [0, 0.1) is 5.92 Å². The first-order chi connectivity index (χ1) is 10.2. The summed E-state index contributed by atoms with van der Waals surface area (Å²) < 4.78 is 13.7. The lowest BCUT2D eigenvalue weighted by molar-refractivity contribution is 0.0184. The monoisotopic (exact) mass is 295 g/mol. The fourth-order valence-electron chi connectivity index (χ4n) is 2.55. The summed E-state index contributed by atoms with van der Waals surface area (Å²) >= 11 is 0. The van der Waals surface area contributed by atoms with E-state index in [0.717, 1.165) is 44.6 Å². The number of rotatable bonds is 9. The maximum atomic E-state index is 6.00. The quantitative estimate of drug-likeness (QED) is 0.760. The number of aryl methyl sites for hydroxylation is 1. The lowest BCUT2D eigenvalue weighted by Gasteiger charge is -2.15. The molecule has 1 aliphatic rings. The molecule has 2 atom stereocenters. The fourth-order valence-corrected chi connectivity index (χ4v) is 2.55. The van der Waals surface area contributed by atoms with E-state index in [1.807, 2.05) is 10.9 Å². The van der Waals surface area contributed by atoms with E-state index >= 15 is 0 Å². The van der Waals surface area contributed by atoms with Gasteiger partial charge in [0.15, 0.2) is 5.75 Å². The Morgan fingerprint density at radius 2 is 2.24 bits per heavy atom. The molecular formula is C16H29N3O2. The van der Waals surface area contributed by atoms with Gasteiger partial charge in [-0.3, -0.25) is 4.68 Å².